The molecule has 1 aromatic heterocycles. The van der Waals surface area contributed by atoms with Crippen molar-refractivity contribution in [3.05, 3.63) is 17.7 Å². The van der Waals surface area contributed by atoms with Crippen LogP contribution in [0.5, 0.6) is 0 Å². The number of nitrogens with zero attached hydrogens (tertiary/aromatic N) is 1. The molecule has 0 aromatic carbocycles. The summed E-state index contributed by atoms with van der Waals surface area (Å²) in [4.78, 5) is 17.9. The van der Waals surface area contributed by atoms with Crippen molar-refractivity contribution in [3.63, 3.8) is 0 Å². The molecule has 0 radical (unpaired) electrons. The van der Waals surface area contributed by atoms with Crippen LogP contribution < -0.4 is 5.73 Å². The van der Waals surface area contributed by atoms with Crippen LogP contribution in [-0.2, 0) is 0 Å². The molecule has 0 aliphatic carbocycles. The second-order valence-electron chi connectivity index (χ2n) is 2.34. The Labute approximate surface area is 64.8 Å². The summed E-state index contributed by atoms with van der Waals surface area (Å²) >= 11 is 0. The monoisotopic (exact) mass is 153 g/mol. The summed E-state index contributed by atoms with van der Waals surface area (Å²) in [7, 11) is 0. The van der Waals surface area contributed by atoms with E-state index in [1.807, 2.05) is 6.92 Å². The molecule has 0 aliphatic rings. The maximum atomic E-state index is 11.2. The number of H-pyrrole nitrogens is 1. The van der Waals surface area contributed by atoms with Gasteiger partial charge in [0.2, 0.25) is 0 Å². The van der Waals surface area contributed by atoms with E-state index in [1.54, 1.807) is 0 Å². The fraction of sp³-hybridized carbons (Fsp3) is 0.429. The second kappa shape index (κ2) is 3.30. The Morgan fingerprint density at radius 3 is 3.00 bits per heavy atom. The third-order valence-electron chi connectivity index (χ3n) is 1.47. The van der Waals surface area contributed by atoms with Gasteiger partial charge in [0, 0.05) is 12.1 Å². The van der Waals surface area contributed by atoms with Gasteiger partial charge in [-0.25, -0.2) is 4.98 Å². The average Bonchev–Trinajstić information content (AvgIpc) is 2.36. The van der Waals surface area contributed by atoms with Gasteiger partial charge in [0.15, 0.2) is 5.78 Å². The summed E-state index contributed by atoms with van der Waals surface area (Å²) < 4.78 is 0. The van der Waals surface area contributed by atoms with Gasteiger partial charge in [0.1, 0.15) is 5.69 Å². The topological polar surface area (TPSA) is 71.8 Å². The zero-order chi connectivity index (χ0) is 8.27. The molecular weight excluding hydrogens is 142 g/mol. The van der Waals surface area contributed by atoms with E-state index in [2.05, 4.69) is 9.97 Å². The van der Waals surface area contributed by atoms with Gasteiger partial charge in [-0.05, 0) is 13.5 Å². The summed E-state index contributed by atoms with van der Waals surface area (Å²) in [5, 5.41) is 0. The molecule has 0 saturated carbocycles. The lowest BCUT2D eigenvalue weighted by Gasteiger charge is -1.93. The Morgan fingerprint density at radius 1 is 1.82 bits per heavy atom. The Morgan fingerprint density at radius 2 is 2.55 bits per heavy atom. The van der Waals surface area contributed by atoms with Crippen LogP contribution in [0.2, 0.25) is 0 Å². The molecule has 0 amide bonds. The van der Waals surface area contributed by atoms with Gasteiger partial charge < -0.3 is 10.7 Å². The summed E-state index contributed by atoms with van der Waals surface area (Å²) in [6.45, 7) is 2.20. The van der Waals surface area contributed by atoms with Crippen LogP contribution in [0.4, 0.5) is 0 Å². The number of rotatable bonds is 3. The highest BCUT2D eigenvalue weighted by atomic mass is 16.1. The van der Waals surface area contributed by atoms with Gasteiger partial charge in [-0.3, -0.25) is 4.79 Å². The van der Waals surface area contributed by atoms with Gasteiger partial charge >= 0.3 is 0 Å². The van der Waals surface area contributed by atoms with Crippen molar-refractivity contribution in [2.24, 2.45) is 5.73 Å². The summed E-state index contributed by atoms with van der Waals surface area (Å²) in [5.41, 5.74) is 6.55. The van der Waals surface area contributed by atoms with Crippen LogP contribution in [0.15, 0.2) is 6.33 Å². The quantitative estimate of drug-likeness (QED) is 0.611. The minimum atomic E-state index is 0.00579. The molecule has 1 aromatic rings. The SMILES string of the molecule is Cc1[nH]cnc1C(=O)CCN. The largest absolute Gasteiger partial charge is 0.348 e. The van der Waals surface area contributed by atoms with Gasteiger partial charge in [-0.1, -0.05) is 0 Å². The van der Waals surface area contributed by atoms with Crippen molar-refractivity contribution >= 4 is 5.78 Å². The highest BCUT2D eigenvalue weighted by molar-refractivity contribution is 5.95. The number of hydrogen-bond donors (Lipinski definition) is 2. The Balaban J connectivity index is 2.76. The molecule has 0 saturated heterocycles. The van der Waals surface area contributed by atoms with Crippen molar-refractivity contribution < 1.29 is 4.79 Å². The molecule has 4 nitrogen and oxygen atoms in total. The third kappa shape index (κ3) is 1.65. The molecule has 0 bridgehead atoms. The van der Waals surface area contributed by atoms with Crippen LogP contribution in [0.1, 0.15) is 22.6 Å². The van der Waals surface area contributed by atoms with Crippen LogP contribution in [-0.4, -0.2) is 22.3 Å². The first-order valence-corrected chi connectivity index (χ1v) is 3.49. The predicted octanol–water partition coefficient (Wildman–Crippen LogP) is 0.250. The molecule has 4 heteroatoms. The number of carbonyl (C=O) groups excluding carboxylic acids is 1. The Bertz CT molecular complexity index is 254. The zero-order valence-electron chi connectivity index (χ0n) is 6.42. The molecule has 0 spiro atoms. The lowest BCUT2D eigenvalue weighted by Crippen LogP contribution is -2.09. The van der Waals surface area contributed by atoms with E-state index < -0.39 is 0 Å². The molecule has 1 heterocycles. The molecule has 0 atom stereocenters. The lowest BCUT2D eigenvalue weighted by molar-refractivity contribution is 0.0980. The van der Waals surface area contributed by atoms with Crippen molar-refractivity contribution in [3.8, 4) is 0 Å². The number of ketones is 1. The molecule has 11 heavy (non-hydrogen) atoms. The molecular formula is C7H11N3O. The van der Waals surface area contributed by atoms with Crippen molar-refractivity contribution in [2.75, 3.05) is 6.54 Å². The highest BCUT2D eigenvalue weighted by Gasteiger charge is 2.09. The molecule has 0 fully saturated rings. The molecule has 1 rings (SSSR count). The maximum absolute atomic E-state index is 11.2. The summed E-state index contributed by atoms with van der Waals surface area (Å²) in [5.74, 6) is 0.00579. The summed E-state index contributed by atoms with van der Waals surface area (Å²) in [6.07, 6.45) is 1.88. The van der Waals surface area contributed by atoms with E-state index in [4.69, 9.17) is 5.73 Å². The van der Waals surface area contributed by atoms with Crippen LogP contribution >= 0.6 is 0 Å². The number of imidazole rings is 1. The number of aromatic nitrogens is 2. The number of Topliss-reactive ketones (excluding diaryl/α,β-unsaturated/α-hetero) is 1. The van der Waals surface area contributed by atoms with Crippen LogP contribution in [0.25, 0.3) is 0 Å². The van der Waals surface area contributed by atoms with Gasteiger partial charge in [-0.2, -0.15) is 0 Å². The minimum absolute atomic E-state index is 0.00579. The first kappa shape index (κ1) is 7.94. The van der Waals surface area contributed by atoms with Crippen molar-refractivity contribution in [2.45, 2.75) is 13.3 Å². The maximum Gasteiger partial charge on any atom is 0.184 e. The van der Waals surface area contributed by atoms with Gasteiger partial charge in [0.05, 0.1) is 6.33 Å². The number of nitrogens with one attached hydrogen (secondary N) is 1. The fourth-order valence-electron chi connectivity index (χ4n) is 0.889. The van der Waals surface area contributed by atoms with E-state index in [-0.39, 0.29) is 5.78 Å². The Kier molecular flexibility index (Phi) is 2.38. The van der Waals surface area contributed by atoms with Crippen LogP contribution in [0, 0.1) is 6.92 Å². The number of aryl methyl sites for hydroxylation is 1. The van der Waals surface area contributed by atoms with Gasteiger partial charge in [0.25, 0.3) is 0 Å². The first-order valence-electron chi connectivity index (χ1n) is 3.49. The minimum Gasteiger partial charge on any atom is -0.348 e. The zero-order valence-corrected chi connectivity index (χ0v) is 6.42. The third-order valence-corrected chi connectivity index (χ3v) is 1.47. The summed E-state index contributed by atoms with van der Waals surface area (Å²) in [6, 6.07) is 0. The highest BCUT2D eigenvalue weighted by Crippen LogP contribution is 2.02. The first-order chi connectivity index (χ1) is 5.25. The lowest BCUT2D eigenvalue weighted by atomic mass is 10.2. The van der Waals surface area contributed by atoms with E-state index >= 15 is 0 Å². The predicted molar refractivity (Wildman–Crippen MR) is 41.3 cm³/mol. The van der Waals surface area contributed by atoms with Crippen molar-refractivity contribution in [1.29, 1.82) is 0 Å². The van der Waals surface area contributed by atoms with Gasteiger partial charge in [-0.15, -0.1) is 0 Å². The number of hydrogen-bond acceptors (Lipinski definition) is 3. The normalized spacial score (nSPS) is 10.0. The second-order valence-corrected chi connectivity index (χ2v) is 2.34. The number of nitrogens with two attached hydrogens (primary N) is 1. The number of aromatic amines is 1. The molecule has 60 valence electrons. The molecule has 0 aliphatic heterocycles. The standard InChI is InChI=1S/C7H11N3O/c1-5-7(10-4-9-5)6(11)2-3-8/h4H,2-3,8H2,1H3,(H,9,10). The fourth-order valence-corrected chi connectivity index (χ4v) is 0.889. The molecule has 0 unspecified atom stereocenters. The van der Waals surface area contributed by atoms with E-state index in [0.29, 0.717) is 18.7 Å². The average molecular weight is 153 g/mol. The van der Waals surface area contributed by atoms with Crippen LogP contribution in [0.3, 0.4) is 0 Å². The van der Waals surface area contributed by atoms with E-state index in [0.717, 1.165) is 5.69 Å². The van der Waals surface area contributed by atoms with E-state index in [1.165, 1.54) is 6.33 Å². The Hall–Kier alpha value is -1.16. The molecule has 3 N–H and O–H groups in total. The smallest absolute Gasteiger partial charge is 0.184 e. The number of carbonyl (C=O) groups is 1. The van der Waals surface area contributed by atoms with E-state index in [9.17, 15) is 4.79 Å². The van der Waals surface area contributed by atoms with Crippen molar-refractivity contribution in [1.82, 2.24) is 9.97 Å².